The first-order valence-corrected chi connectivity index (χ1v) is 9.57. The molecule has 1 aliphatic rings. The van der Waals surface area contributed by atoms with Gasteiger partial charge in [0.1, 0.15) is 17.4 Å². The van der Waals surface area contributed by atoms with Crippen molar-refractivity contribution in [3.63, 3.8) is 0 Å². The highest BCUT2D eigenvalue weighted by molar-refractivity contribution is 5.83. The molecule has 4 aromatic rings. The minimum atomic E-state index is -1.05. The lowest BCUT2D eigenvalue weighted by molar-refractivity contribution is 0.0328. The summed E-state index contributed by atoms with van der Waals surface area (Å²) in [5.41, 5.74) is 1.22. The normalized spacial score (nSPS) is 16.6. The first kappa shape index (κ1) is 17.1. The van der Waals surface area contributed by atoms with Crippen LogP contribution in [0.5, 0.6) is 0 Å². The molecule has 144 valence electrons. The van der Waals surface area contributed by atoms with Gasteiger partial charge in [0.15, 0.2) is 5.69 Å². The molecule has 1 aliphatic carbocycles. The Kier molecular flexibility index (Phi) is 3.67. The summed E-state index contributed by atoms with van der Waals surface area (Å²) >= 11 is 0. The Labute approximate surface area is 160 Å². The number of nitrogens with zero attached hydrogens (tertiary/aromatic N) is 5. The van der Waals surface area contributed by atoms with E-state index >= 15 is 0 Å². The van der Waals surface area contributed by atoms with Gasteiger partial charge in [-0.1, -0.05) is 17.3 Å². The van der Waals surface area contributed by atoms with E-state index < -0.39 is 5.60 Å². The van der Waals surface area contributed by atoms with Crippen LogP contribution in [0.25, 0.3) is 28.1 Å². The van der Waals surface area contributed by atoms with E-state index in [9.17, 15) is 9.90 Å². The van der Waals surface area contributed by atoms with Crippen LogP contribution in [-0.2, 0) is 5.60 Å². The van der Waals surface area contributed by atoms with Crippen molar-refractivity contribution in [1.29, 1.82) is 0 Å². The highest BCUT2D eigenvalue weighted by Gasteiger charge is 2.38. The fraction of sp³-hybridized carbons (Fsp3) is 0.400. The van der Waals surface area contributed by atoms with Crippen LogP contribution in [0.15, 0.2) is 39.9 Å². The second-order valence-corrected chi connectivity index (χ2v) is 7.73. The third-order valence-corrected chi connectivity index (χ3v) is 5.58. The van der Waals surface area contributed by atoms with Gasteiger partial charge in [0.25, 0.3) is 11.4 Å². The van der Waals surface area contributed by atoms with E-state index in [4.69, 9.17) is 4.52 Å². The second-order valence-electron chi connectivity index (χ2n) is 7.73. The van der Waals surface area contributed by atoms with Crippen LogP contribution in [0.4, 0.5) is 0 Å². The van der Waals surface area contributed by atoms with Crippen LogP contribution in [0, 0.1) is 0 Å². The highest BCUT2D eigenvalue weighted by atomic mass is 16.5. The third-order valence-electron chi connectivity index (χ3n) is 5.58. The van der Waals surface area contributed by atoms with E-state index in [0.29, 0.717) is 24.1 Å². The molecule has 0 bridgehead atoms. The highest BCUT2D eigenvalue weighted by Crippen LogP contribution is 2.37. The molecule has 0 atom stereocenters. The molecule has 0 unspecified atom stereocenters. The van der Waals surface area contributed by atoms with E-state index in [1.807, 2.05) is 38.1 Å². The molecule has 8 heteroatoms. The lowest BCUT2D eigenvalue weighted by Gasteiger charge is -2.16. The smallest absolute Gasteiger partial charge is 0.279 e. The maximum Gasteiger partial charge on any atom is 0.279 e. The van der Waals surface area contributed by atoms with E-state index in [0.717, 1.165) is 23.9 Å². The molecule has 0 radical (unpaired) electrons. The lowest BCUT2D eigenvalue weighted by atomic mass is 10.0. The monoisotopic (exact) mass is 379 g/mol. The maximum absolute atomic E-state index is 13.3. The predicted octanol–water partition coefficient (Wildman–Crippen LogP) is 3.04. The molecular formula is C20H21N5O3. The molecule has 0 saturated heterocycles. The molecular weight excluding hydrogens is 358 g/mol. The second kappa shape index (κ2) is 6.00. The molecule has 0 aliphatic heterocycles. The number of fused-ring (bicyclic) bond motifs is 3. The van der Waals surface area contributed by atoms with Crippen LogP contribution in [0.1, 0.15) is 51.4 Å². The Morgan fingerprint density at radius 2 is 1.89 bits per heavy atom. The number of hydrogen-bond acceptors (Lipinski definition) is 6. The first-order valence-electron chi connectivity index (χ1n) is 9.57. The summed E-state index contributed by atoms with van der Waals surface area (Å²) < 4.78 is 8.93. The molecule has 0 amide bonds. The van der Waals surface area contributed by atoms with Gasteiger partial charge in [-0.05, 0) is 51.7 Å². The van der Waals surface area contributed by atoms with Crippen molar-refractivity contribution in [3.8, 4) is 11.6 Å². The first-order chi connectivity index (χ1) is 13.5. The van der Waals surface area contributed by atoms with Gasteiger partial charge in [-0.3, -0.25) is 9.20 Å². The zero-order chi connectivity index (χ0) is 19.5. The summed E-state index contributed by atoms with van der Waals surface area (Å²) in [6.45, 7) is 3.95. The summed E-state index contributed by atoms with van der Waals surface area (Å²) in [6, 6.07) is 7.69. The Hall–Kier alpha value is -3.00. The minimum Gasteiger partial charge on any atom is -0.382 e. The largest absolute Gasteiger partial charge is 0.382 e. The number of aliphatic hydroxyl groups is 1. The number of rotatable bonds is 3. The molecule has 3 heterocycles. The van der Waals surface area contributed by atoms with Crippen molar-refractivity contribution in [1.82, 2.24) is 24.1 Å². The SMILES string of the molecule is CC(C)n1c(=O)c2c(-c3nc(C4(O)CCCC4)no3)ncn2c2ccccc21. The molecule has 28 heavy (non-hydrogen) atoms. The van der Waals surface area contributed by atoms with Crippen LogP contribution in [-0.4, -0.2) is 29.2 Å². The molecule has 1 aromatic carbocycles. The maximum atomic E-state index is 13.3. The van der Waals surface area contributed by atoms with Crippen molar-refractivity contribution in [2.24, 2.45) is 0 Å². The summed E-state index contributed by atoms with van der Waals surface area (Å²) in [6.07, 6.45) is 4.69. The zero-order valence-corrected chi connectivity index (χ0v) is 15.8. The van der Waals surface area contributed by atoms with Gasteiger partial charge in [0.05, 0.1) is 11.0 Å². The number of hydrogen-bond donors (Lipinski definition) is 1. The lowest BCUT2D eigenvalue weighted by Crippen LogP contribution is -2.24. The predicted molar refractivity (Wildman–Crippen MR) is 103 cm³/mol. The number of imidazole rings is 1. The van der Waals surface area contributed by atoms with Gasteiger partial charge < -0.3 is 14.2 Å². The summed E-state index contributed by atoms with van der Waals surface area (Å²) in [4.78, 5) is 22.1. The Morgan fingerprint density at radius 1 is 1.18 bits per heavy atom. The van der Waals surface area contributed by atoms with Gasteiger partial charge in [-0.25, -0.2) is 4.98 Å². The van der Waals surface area contributed by atoms with Crippen LogP contribution in [0.2, 0.25) is 0 Å². The topological polar surface area (TPSA) is 98.5 Å². The van der Waals surface area contributed by atoms with Crippen molar-refractivity contribution in [2.45, 2.75) is 51.2 Å². The fourth-order valence-electron chi connectivity index (χ4n) is 4.19. The average Bonchev–Trinajstić information content (AvgIpc) is 3.41. The molecule has 5 rings (SSSR count). The van der Waals surface area contributed by atoms with Gasteiger partial charge in [0.2, 0.25) is 5.82 Å². The Morgan fingerprint density at radius 3 is 2.61 bits per heavy atom. The Bertz CT molecular complexity index is 1240. The van der Waals surface area contributed by atoms with Crippen LogP contribution in [0.3, 0.4) is 0 Å². The third kappa shape index (κ3) is 2.34. The zero-order valence-electron chi connectivity index (χ0n) is 15.8. The van der Waals surface area contributed by atoms with Crippen LogP contribution >= 0.6 is 0 Å². The quantitative estimate of drug-likeness (QED) is 0.587. The molecule has 1 fully saturated rings. The molecule has 8 nitrogen and oxygen atoms in total. The number of para-hydroxylation sites is 2. The van der Waals surface area contributed by atoms with E-state index in [1.165, 1.54) is 0 Å². The van der Waals surface area contributed by atoms with E-state index in [-0.39, 0.29) is 23.3 Å². The summed E-state index contributed by atoms with van der Waals surface area (Å²) in [5, 5.41) is 14.7. The van der Waals surface area contributed by atoms with Crippen molar-refractivity contribution in [3.05, 3.63) is 46.8 Å². The summed E-state index contributed by atoms with van der Waals surface area (Å²) in [7, 11) is 0. The molecule has 0 spiro atoms. The minimum absolute atomic E-state index is 0.0254. The fourth-order valence-corrected chi connectivity index (χ4v) is 4.19. The molecule has 1 saturated carbocycles. The number of benzene rings is 1. The van der Waals surface area contributed by atoms with Gasteiger partial charge in [0, 0.05) is 6.04 Å². The molecule has 3 aromatic heterocycles. The van der Waals surface area contributed by atoms with Crippen molar-refractivity contribution >= 4 is 16.6 Å². The summed E-state index contributed by atoms with van der Waals surface area (Å²) in [5.74, 6) is 0.423. The van der Waals surface area contributed by atoms with E-state index in [1.54, 1.807) is 15.3 Å². The van der Waals surface area contributed by atoms with Crippen LogP contribution < -0.4 is 5.56 Å². The van der Waals surface area contributed by atoms with Crippen molar-refractivity contribution < 1.29 is 9.63 Å². The van der Waals surface area contributed by atoms with E-state index in [2.05, 4.69) is 15.1 Å². The standard InChI is InChI=1S/C20H21N5O3/c1-12(2)25-14-8-4-3-7-13(14)24-11-21-15(16(24)18(25)26)17-22-19(23-28-17)20(27)9-5-6-10-20/h3-4,7-8,11-12,27H,5-6,9-10H2,1-2H3. The average molecular weight is 379 g/mol. The number of aromatic nitrogens is 5. The molecule has 1 N–H and O–H groups in total. The Balaban J connectivity index is 1.76. The van der Waals surface area contributed by atoms with Gasteiger partial charge >= 0.3 is 0 Å². The van der Waals surface area contributed by atoms with Gasteiger partial charge in [-0.15, -0.1) is 0 Å². The van der Waals surface area contributed by atoms with Crippen molar-refractivity contribution in [2.75, 3.05) is 0 Å². The van der Waals surface area contributed by atoms with Gasteiger partial charge in [-0.2, -0.15) is 4.98 Å².